The normalized spacial score (nSPS) is 10.7. The third-order valence-corrected chi connectivity index (χ3v) is 2.52. The van der Waals surface area contributed by atoms with Gasteiger partial charge >= 0.3 is 0 Å². The predicted molar refractivity (Wildman–Crippen MR) is 51.5 cm³/mol. The molecule has 0 fully saturated rings. The van der Waals surface area contributed by atoms with E-state index in [0.29, 0.717) is 13.0 Å². The molecule has 0 aliphatic rings. The van der Waals surface area contributed by atoms with Crippen molar-refractivity contribution in [2.45, 2.75) is 11.3 Å². The van der Waals surface area contributed by atoms with Gasteiger partial charge in [0.05, 0.1) is 4.90 Å². The Morgan fingerprint density at radius 1 is 1.21 bits per heavy atom. The summed E-state index contributed by atoms with van der Waals surface area (Å²) in [6.07, 6.45) is 0.700. The molecular formula is C8H12FNO3S. The SMILES string of the molecule is F.NCCc1ccc(S(=O)(=O)O)cc1. The van der Waals surface area contributed by atoms with Crippen molar-refractivity contribution in [3.63, 3.8) is 0 Å². The number of hydrogen-bond acceptors (Lipinski definition) is 3. The zero-order valence-corrected chi connectivity index (χ0v) is 8.20. The molecule has 0 radical (unpaired) electrons. The Bertz CT molecular complexity index is 374. The van der Waals surface area contributed by atoms with Gasteiger partial charge in [-0.1, -0.05) is 12.1 Å². The first-order valence-electron chi connectivity index (χ1n) is 3.80. The van der Waals surface area contributed by atoms with Crippen molar-refractivity contribution in [1.29, 1.82) is 0 Å². The molecule has 0 unspecified atom stereocenters. The van der Waals surface area contributed by atoms with Crippen molar-refractivity contribution in [3.8, 4) is 0 Å². The van der Waals surface area contributed by atoms with Crippen LogP contribution in [0.5, 0.6) is 0 Å². The van der Waals surface area contributed by atoms with Crippen LogP contribution in [-0.2, 0) is 16.5 Å². The van der Waals surface area contributed by atoms with Crippen LogP contribution in [-0.4, -0.2) is 19.5 Å². The quantitative estimate of drug-likeness (QED) is 0.732. The van der Waals surface area contributed by atoms with Crippen LogP contribution in [0.3, 0.4) is 0 Å². The molecule has 0 heterocycles. The van der Waals surface area contributed by atoms with E-state index in [1.807, 2.05) is 0 Å². The maximum atomic E-state index is 10.6. The Balaban J connectivity index is 0.00000169. The van der Waals surface area contributed by atoms with Crippen molar-refractivity contribution >= 4 is 10.1 Å². The molecule has 0 saturated carbocycles. The zero-order valence-electron chi connectivity index (χ0n) is 7.38. The lowest BCUT2D eigenvalue weighted by Gasteiger charge is -1.99. The zero-order chi connectivity index (χ0) is 9.90. The average molecular weight is 221 g/mol. The molecule has 14 heavy (non-hydrogen) atoms. The van der Waals surface area contributed by atoms with Gasteiger partial charge in [0.2, 0.25) is 0 Å². The van der Waals surface area contributed by atoms with Gasteiger partial charge < -0.3 is 5.73 Å². The van der Waals surface area contributed by atoms with Crippen LogP contribution < -0.4 is 5.73 Å². The second-order valence-corrected chi connectivity index (χ2v) is 4.08. The summed E-state index contributed by atoms with van der Waals surface area (Å²) >= 11 is 0. The summed E-state index contributed by atoms with van der Waals surface area (Å²) in [7, 11) is -4.07. The van der Waals surface area contributed by atoms with Crippen LogP contribution >= 0.6 is 0 Å². The van der Waals surface area contributed by atoms with E-state index in [4.69, 9.17) is 10.3 Å². The minimum atomic E-state index is -4.07. The van der Waals surface area contributed by atoms with E-state index in [0.717, 1.165) is 5.56 Å². The molecule has 0 aromatic heterocycles. The van der Waals surface area contributed by atoms with Crippen LogP contribution in [0.4, 0.5) is 4.70 Å². The molecule has 0 bridgehead atoms. The Morgan fingerprint density at radius 2 is 1.71 bits per heavy atom. The lowest BCUT2D eigenvalue weighted by Crippen LogP contribution is -2.03. The molecular weight excluding hydrogens is 209 g/mol. The Labute approximate surface area is 81.9 Å². The van der Waals surface area contributed by atoms with Gasteiger partial charge in [-0.15, -0.1) is 0 Å². The molecule has 0 saturated heterocycles. The van der Waals surface area contributed by atoms with Crippen molar-refractivity contribution < 1.29 is 17.7 Å². The van der Waals surface area contributed by atoms with E-state index in [2.05, 4.69) is 0 Å². The first kappa shape index (κ1) is 13.0. The van der Waals surface area contributed by atoms with E-state index in [1.54, 1.807) is 12.1 Å². The predicted octanol–water partition coefficient (Wildman–Crippen LogP) is 0.587. The maximum Gasteiger partial charge on any atom is 0.294 e. The van der Waals surface area contributed by atoms with Crippen LogP contribution in [0, 0.1) is 0 Å². The fraction of sp³-hybridized carbons (Fsp3) is 0.250. The number of nitrogens with two attached hydrogens (primary N) is 1. The van der Waals surface area contributed by atoms with E-state index < -0.39 is 10.1 Å². The third kappa shape index (κ3) is 3.41. The van der Waals surface area contributed by atoms with E-state index in [-0.39, 0.29) is 9.60 Å². The highest BCUT2D eigenvalue weighted by molar-refractivity contribution is 7.85. The molecule has 1 rings (SSSR count). The maximum absolute atomic E-state index is 10.6. The summed E-state index contributed by atoms with van der Waals surface area (Å²) in [4.78, 5) is -0.0896. The highest BCUT2D eigenvalue weighted by Crippen LogP contribution is 2.09. The largest absolute Gasteiger partial charge is 0.330 e. The number of hydrogen-bond donors (Lipinski definition) is 2. The van der Waals surface area contributed by atoms with Gasteiger partial charge in [0.25, 0.3) is 10.1 Å². The molecule has 80 valence electrons. The topological polar surface area (TPSA) is 80.4 Å². The second-order valence-electron chi connectivity index (χ2n) is 2.66. The summed E-state index contributed by atoms with van der Waals surface area (Å²) in [5, 5.41) is 0. The van der Waals surface area contributed by atoms with Gasteiger partial charge in [0, 0.05) is 0 Å². The van der Waals surface area contributed by atoms with Crippen LogP contribution in [0.1, 0.15) is 5.56 Å². The lowest BCUT2D eigenvalue weighted by molar-refractivity contribution is 0.483. The van der Waals surface area contributed by atoms with Gasteiger partial charge in [0.1, 0.15) is 0 Å². The Kier molecular flexibility index (Phi) is 4.69. The summed E-state index contributed by atoms with van der Waals surface area (Å²) < 4.78 is 29.9. The molecule has 0 aliphatic heterocycles. The Morgan fingerprint density at radius 3 is 2.07 bits per heavy atom. The first-order valence-corrected chi connectivity index (χ1v) is 5.24. The van der Waals surface area contributed by atoms with Crippen molar-refractivity contribution in [2.24, 2.45) is 5.73 Å². The van der Waals surface area contributed by atoms with Gasteiger partial charge in [-0.2, -0.15) is 8.42 Å². The lowest BCUT2D eigenvalue weighted by atomic mass is 10.2. The summed E-state index contributed by atoms with van der Waals surface area (Å²) in [5.74, 6) is 0. The molecule has 0 amide bonds. The van der Waals surface area contributed by atoms with Crippen LogP contribution in [0.15, 0.2) is 29.2 Å². The van der Waals surface area contributed by atoms with E-state index >= 15 is 0 Å². The van der Waals surface area contributed by atoms with Gasteiger partial charge in [0.15, 0.2) is 0 Å². The Hall–Kier alpha value is -0.980. The van der Waals surface area contributed by atoms with Crippen LogP contribution in [0.2, 0.25) is 0 Å². The number of benzene rings is 1. The van der Waals surface area contributed by atoms with Crippen molar-refractivity contribution in [1.82, 2.24) is 0 Å². The summed E-state index contributed by atoms with van der Waals surface area (Å²) in [6, 6.07) is 5.99. The molecule has 0 spiro atoms. The summed E-state index contributed by atoms with van der Waals surface area (Å²) in [5.41, 5.74) is 6.27. The van der Waals surface area contributed by atoms with Gasteiger partial charge in [-0.3, -0.25) is 9.26 Å². The fourth-order valence-electron chi connectivity index (χ4n) is 0.995. The van der Waals surface area contributed by atoms with E-state index in [1.165, 1.54) is 12.1 Å². The minimum absolute atomic E-state index is 0. The third-order valence-electron chi connectivity index (χ3n) is 1.65. The molecule has 1 aromatic carbocycles. The number of halogens is 1. The molecule has 4 nitrogen and oxygen atoms in total. The summed E-state index contributed by atoms with van der Waals surface area (Å²) in [6.45, 7) is 0.519. The molecule has 3 N–H and O–H groups in total. The molecule has 0 atom stereocenters. The highest BCUT2D eigenvalue weighted by atomic mass is 32.2. The van der Waals surface area contributed by atoms with Crippen molar-refractivity contribution in [3.05, 3.63) is 29.8 Å². The fourth-order valence-corrected chi connectivity index (χ4v) is 1.47. The van der Waals surface area contributed by atoms with Crippen molar-refractivity contribution in [2.75, 3.05) is 6.54 Å². The number of rotatable bonds is 3. The average Bonchev–Trinajstić information content (AvgIpc) is 2.04. The van der Waals surface area contributed by atoms with Gasteiger partial charge in [-0.05, 0) is 30.7 Å². The molecule has 6 heteroatoms. The van der Waals surface area contributed by atoms with Gasteiger partial charge in [-0.25, -0.2) is 0 Å². The second kappa shape index (κ2) is 5.04. The minimum Gasteiger partial charge on any atom is -0.330 e. The van der Waals surface area contributed by atoms with Crippen LogP contribution in [0.25, 0.3) is 0 Å². The monoisotopic (exact) mass is 221 g/mol. The smallest absolute Gasteiger partial charge is 0.294 e. The highest BCUT2D eigenvalue weighted by Gasteiger charge is 2.07. The molecule has 0 aliphatic carbocycles. The standard InChI is InChI=1S/C8H11NO3S.FH/c9-6-5-7-1-3-8(4-2-7)13(10,11)12;/h1-4H,5-6,9H2,(H,10,11,12);1H. The molecule has 1 aromatic rings. The first-order chi connectivity index (χ1) is 6.04. The van der Waals surface area contributed by atoms with E-state index in [9.17, 15) is 8.42 Å².